The number of nitrogens with zero attached hydrogens (tertiary/aromatic N) is 4. The number of hydrogen-bond donors (Lipinski definition) is 0. The van der Waals surface area contributed by atoms with Gasteiger partial charge in [-0.15, -0.1) is 21.5 Å². The SMILES string of the molecule is Cc1ccsc1/C=N\n1cnnc1SCc1ccccc1Cl. The van der Waals surface area contributed by atoms with E-state index in [4.69, 9.17) is 11.6 Å². The Bertz CT molecular complexity index is 794. The molecule has 0 aliphatic carbocycles. The molecular weight excluding hydrogens is 336 g/mol. The van der Waals surface area contributed by atoms with Crippen LogP contribution in [0.5, 0.6) is 0 Å². The number of thioether (sulfide) groups is 1. The van der Waals surface area contributed by atoms with Gasteiger partial charge in [0.15, 0.2) is 0 Å². The van der Waals surface area contributed by atoms with Gasteiger partial charge in [0.25, 0.3) is 0 Å². The predicted octanol–water partition coefficient (Wildman–Crippen LogP) is 4.48. The monoisotopic (exact) mass is 348 g/mol. The highest BCUT2D eigenvalue weighted by atomic mass is 35.5. The second-order valence-electron chi connectivity index (χ2n) is 4.55. The van der Waals surface area contributed by atoms with Crippen LogP contribution >= 0.6 is 34.7 Å². The molecule has 1 aromatic carbocycles. The molecule has 0 radical (unpaired) electrons. The smallest absolute Gasteiger partial charge is 0.195 e. The molecule has 4 nitrogen and oxygen atoms in total. The lowest BCUT2D eigenvalue weighted by Crippen LogP contribution is -1.92. The highest BCUT2D eigenvalue weighted by Gasteiger charge is 2.06. The average molecular weight is 349 g/mol. The molecular formula is C15H13ClN4S2. The molecule has 0 aliphatic heterocycles. The number of rotatable bonds is 5. The molecule has 0 atom stereocenters. The minimum absolute atomic E-state index is 0.728. The molecule has 0 fully saturated rings. The Balaban J connectivity index is 1.71. The maximum absolute atomic E-state index is 6.17. The number of aryl methyl sites for hydroxylation is 1. The molecule has 112 valence electrons. The molecule has 0 amide bonds. The fourth-order valence-corrected chi connectivity index (χ4v) is 3.71. The number of thiophene rings is 1. The summed E-state index contributed by atoms with van der Waals surface area (Å²) in [7, 11) is 0. The number of aromatic nitrogens is 3. The second kappa shape index (κ2) is 7.09. The summed E-state index contributed by atoms with van der Waals surface area (Å²) in [5, 5.41) is 16.0. The molecule has 0 unspecified atom stereocenters. The molecule has 0 spiro atoms. The van der Waals surface area contributed by atoms with Crippen molar-refractivity contribution >= 4 is 40.9 Å². The van der Waals surface area contributed by atoms with E-state index in [2.05, 4.69) is 33.7 Å². The highest BCUT2D eigenvalue weighted by Crippen LogP contribution is 2.25. The van der Waals surface area contributed by atoms with Crippen LogP contribution in [0.1, 0.15) is 16.0 Å². The van der Waals surface area contributed by atoms with E-state index in [1.807, 2.05) is 30.5 Å². The van der Waals surface area contributed by atoms with Crippen molar-refractivity contribution in [1.29, 1.82) is 0 Å². The minimum Gasteiger partial charge on any atom is -0.195 e. The molecule has 0 saturated carbocycles. The van der Waals surface area contributed by atoms with Crippen molar-refractivity contribution < 1.29 is 0 Å². The van der Waals surface area contributed by atoms with Crippen LogP contribution < -0.4 is 0 Å². The van der Waals surface area contributed by atoms with E-state index < -0.39 is 0 Å². The molecule has 0 N–H and O–H groups in total. The zero-order chi connectivity index (χ0) is 15.4. The summed E-state index contributed by atoms with van der Waals surface area (Å²) < 4.78 is 1.68. The molecule has 0 aliphatic rings. The van der Waals surface area contributed by atoms with Crippen LogP contribution in [0.4, 0.5) is 0 Å². The first-order valence-corrected chi connectivity index (χ1v) is 8.83. The fraction of sp³-hybridized carbons (Fsp3) is 0.133. The Morgan fingerprint density at radius 2 is 2.23 bits per heavy atom. The number of halogens is 1. The van der Waals surface area contributed by atoms with Gasteiger partial charge in [-0.3, -0.25) is 0 Å². The van der Waals surface area contributed by atoms with Crippen molar-refractivity contribution in [3.05, 3.63) is 63.1 Å². The molecule has 0 saturated heterocycles. The van der Waals surface area contributed by atoms with Crippen LogP contribution in [-0.2, 0) is 5.75 Å². The van der Waals surface area contributed by atoms with E-state index in [9.17, 15) is 0 Å². The van der Waals surface area contributed by atoms with Crippen LogP contribution in [0.15, 0.2) is 52.3 Å². The van der Waals surface area contributed by atoms with Crippen molar-refractivity contribution in [3.8, 4) is 0 Å². The van der Waals surface area contributed by atoms with E-state index >= 15 is 0 Å². The van der Waals surface area contributed by atoms with Gasteiger partial charge in [-0.2, -0.15) is 9.78 Å². The fourth-order valence-electron chi connectivity index (χ4n) is 1.78. The Hall–Kier alpha value is -1.63. The first-order valence-electron chi connectivity index (χ1n) is 6.59. The van der Waals surface area contributed by atoms with Gasteiger partial charge in [-0.25, -0.2) is 0 Å². The summed E-state index contributed by atoms with van der Waals surface area (Å²) in [6.07, 6.45) is 3.44. The van der Waals surface area contributed by atoms with Crippen molar-refractivity contribution in [3.63, 3.8) is 0 Å². The van der Waals surface area contributed by atoms with Crippen LogP contribution in [0.3, 0.4) is 0 Å². The summed E-state index contributed by atoms with van der Waals surface area (Å²) >= 11 is 9.38. The van der Waals surface area contributed by atoms with E-state index in [0.29, 0.717) is 0 Å². The second-order valence-corrected chi connectivity index (χ2v) is 6.85. The number of benzene rings is 1. The molecule has 0 bridgehead atoms. The summed E-state index contributed by atoms with van der Waals surface area (Å²) in [5.74, 6) is 0.728. The molecule has 22 heavy (non-hydrogen) atoms. The maximum atomic E-state index is 6.17. The topological polar surface area (TPSA) is 43.1 Å². The Morgan fingerprint density at radius 1 is 1.36 bits per heavy atom. The van der Waals surface area contributed by atoms with Crippen LogP contribution in [-0.4, -0.2) is 21.1 Å². The Morgan fingerprint density at radius 3 is 3.00 bits per heavy atom. The van der Waals surface area contributed by atoms with Crippen LogP contribution in [0, 0.1) is 6.92 Å². The van der Waals surface area contributed by atoms with E-state index in [0.717, 1.165) is 26.4 Å². The molecule has 2 heterocycles. The normalized spacial score (nSPS) is 11.4. The highest BCUT2D eigenvalue weighted by molar-refractivity contribution is 7.98. The zero-order valence-electron chi connectivity index (χ0n) is 11.8. The third kappa shape index (κ3) is 3.58. The summed E-state index contributed by atoms with van der Waals surface area (Å²) in [5.41, 5.74) is 2.29. The summed E-state index contributed by atoms with van der Waals surface area (Å²) in [4.78, 5) is 1.13. The van der Waals surface area contributed by atoms with Gasteiger partial charge < -0.3 is 0 Å². The van der Waals surface area contributed by atoms with Gasteiger partial charge in [0.05, 0.1) is 11.1 Å². The van der Waals surface area contributed by atoms with Gasteiger partial charge in [-0.1, -0.05) is 41.6 Å². The first-order chi connectivity index (χ1) is 10.7. The quantitative estimate of drug-likeness (QED) is 0.504. The van der Waals surface area contributed by atoms with Crippen molar-refractivity contribution in [2.75, 3.05) is 0 Å². The standard InChI is InChI=1S/C15H13ClN4S2/c1-11-6-7-21-14(11)8-18-20-10-17-19-15(20)22-9-12-4-2-3-5-13(12)16/h2-8,10H,9H2,1H3/b18-8-. The Labute approximate surface area is 141 Å². The lowest BCUT2D eigenvalue weighted by atomic mass is 10.2. The molecule has 7 heteroatoms. The summed E-state index contributed by atoms with van der Waals surface area (Å²) in [6.45, 7) is 2.07. The third-order valence-corrected chi connectivity index (χ3v) is 5.32. The van der Waals surface area contributed by atoms with Gasteiger partial charge in [0.1, 0.15) is 6.33 Å². The Kier molecular flexibility index (Phi) is 4.92. The van der Waals surface area contributed by atoms with Crippen LogP contribution in [0.25, 0.3) is 0 Å². The molecule has 2 aromatic heterocycles. The molecule has 3 rings (SSSR count). The lowest BCUT2D eigenvalue weighted by molar-refractivity contribution is 0.767. The van der Waals surface area contributed by atoms with E-state index in [-0.39, 0.29) is 0 Å². The van der Waals surface area contributed by atoms with Crippen LogP contribution in [0.2, 0.25) is 5.02 Å². The maximum Gasteiger partial charge on any atom is 0.212 e. The van der Waals surface area contributed by atoms with Crippen molar-refractivity contribution in [2.45, 2.75) is 17.8 Å². The predicted molar refractivity (Wildman–Crippen MR) is 93.1 cm³/mol. The van der Waals surface area contributed by atoms with Crippen molar-refractivity contribution in [2.24, 2.45) is 5.10 Å². The lowest BCUT2D eigenvalue weighted by Gasteiger charge is -2.03. The molecule has 3 aromatic rings. The first kappa shape index (κ1) is 15.3. The van der Waals surface area contributed by atoms with Gasteiger partial charge in [0, 0.05) is 10.8 Å². The largest absolute Gasteiger partial charge is 0.212 e. The van der Waals surface area contributed by atoms with Gasteiger partial charge in [0.2, 0.25) is 5.16 Å². The van der Waals surface area contributed by atoms with Gasteiger partial charge in [-0.05, 0) is 35.6 Å². The van der Waals surface area contributed by atoms with E-state index in [1.165, 1.54) is 5.56 Å². The number of hydrogen-bond acceptors (Lipinski definition) is 5. The van der Waals surface area contributed by atoms with Gasteiger partial charge >= 0.3 is 0 Å². The third-order valence-electron chi connectivity index (χ3n) is 3.02. The minimum atomic E-state index is 0.728. The van der Waals surface area contributed by atoms with E-state index in [1.54, 1.807) is 34.1 Å². The summed E-state index contributed by atoms with van der Waals surface area (Å²) in [6, 6.07) is 9.87. The average Bonchev–Trinajstić information content (AvgIpc) is 3.13. The zero-order valence-corrected chi connectivity index (χ0v) is 14.2. The van der Waals surface area contributed by atoms with Crippen molar-refractivity contribution in [1.82, 2.24) is 14.9 Å².